The minimum absolute atomic E-state index is 0. The number of hydrogen-bond donors (Lipinski definition) is 4. The van der Waals surface area contributed by atoms with Crippen LogP contribution in [0.5, 0.6) is 23.0 Å². The van der Waals surface area contributed by atoms with Crippen LogP contribution in [0.15, 0.2) is 142 Å². The van der Waals surface area contributed by atoms with Crippen molar-refractivity contribution in [1.29, 1.82) is 0 Å². The molecular formula is C32H24CrN4O4. The maximum absolute atomic E-state index is 9.94. The molecule has 4 N–H and O–H groups in total. The zero-order valence-corrected chi connectivity index (χ0v) is 22.8. The Bertz CT molecular complexity index is 1740. The molecule has 0 saturated heterocycles. The van der Waals surface area contributed by atoms with Crippen LogP contribution in [0.1, 0.15) is 0 Å². The SMILES string of the molecule is Oc1ccccc1N=Nc1c(O)ccc2ccccc12.Oc1ccccc1N=Nc1c(O)ccc2ccccc12.[Cr]. The van der Waals surface area contributed by atoms with Crippen molar-refractivity contribution in [2.24, 2.45) is 20.5 Å². The molecular weight excluding hydrogens is 556 g/mol. The van der Waals surface area contributed by atoms with E-state index >= 15 is 0 Å². The predicted octanol–water partition coefficient (Wildman–Crippen LogP) is 9.33. The van der Waals surface area contributed by atoms with Gasteiger partial charge in [-0.15, -0.1) is 20.5 Å². The van der Waals surface area contributed by atoms with E-state index in [1.54, 1.807) is 48.5 Å². The van der Waals surface area contributed by atoms with E-state index in [0.29, 0.717) is 22.7 Å². The number of para-hydroxylation sites is 2. The van der Waals surface area contributed by atoms with Crippen molar-refractivity contribution in [3.63, 3.8) is 0 Å². The van der Waals surface area contributed by atoms with Crippen LogP contribution in [0.3, 0.4) is 0 Å². The fraction of sp³-hybridized carbons (Fsp3) is 0. The number of phenolic OH excluding ortho intramolecular Hbond substituents is 4. The summed E-state index contributed by atoms with van der Waals surface area (Å²) >= 11 is 0. The summed E-state index contributed by atoms with van der Waals surface area (Å²) < 4.78 is 0. The molecule has 6 aromatic carbocycles. The first-order valence-corrected chi connectivity index (χ1v) is 12.3. The molecule has 0 saturated carbocycles. The van der Waals surface area contributed by atoms with Crippen LogP contribution in [0.2, 0.25) is 0 Å². The van der Waals surface area contributed by atoms with Gasteiger partial charge in [0.1, 0.15) is 45.7 Å². The van der Waals surface area contributed by atoms with Crippen molar-refractivity contribution in [3.05, 3.63) is 121 Å². The van der Waals surface area contributed by atoms with Gasteiger partial charge in [-0.1, -0.05) is 84.9 Å². The Balaban J connectivity index is 0.000000184. The van der Waals surface area contributed by atoms with Crippen LogP contribution in [-0.2, 0) is 17.4 Å². The molecule has 0 bridgehead atoms. The first-order chi connectivity index (χ1) is 19.5. The predicted molar refractivity (Wildman–Crippen MR) is 156 cm³/mol. The summed E-state index contributed by atoms with van der Waals surface area (Å²) in [5.41, 5.74) is 1.51. The molecule has 0 aliphatic heterocycles. The van der Waals surface area contributed by atoms with Crippen LogP contribution >= 0.6 is 0 Å². The van der Waals surface area contributed by atoms with E-state index < -0.39 is 0 Å². The first kappa shape index (κ1) is 28.8. The molecule has 0 amide bonds. The molecule has 0 atom stereocenters. The maximum atomic E-state index is 9.94. The van der Waals surface area contributed by atoms with Gasteiger partial charge in [-0.2, -0.15) is 0 Å². The second-order valence-electron chi connectivity index (χ2n) is 8.69. The summed E-state index contributed by atoms with van der Waals surface area (Å²) in [6.07, 6.45) is 0. The largest absolute Gasteiger partial charge is 0.506 e. The van der Waals surface area contributed by atoms with Gasteiger partial charge in [-0.25, -0.2) is 0 Å². The minimum atomic E-state index is 0. The van der Waals surface area contributed by atoms with E-state index in [2.05, 4.69) is 20.5 Å². The normalized spacial score (nSPS) is 10.9. The van der Waals surface area contributed by atoms with Gasteiger partial charge in [-0.05, 0) is 47.2 Å². The van der Waals surface area contributed by atoms with Crippen LogP contribution < -0.4 is 0 Å². The Morgan fingerprint density at radius 1 is 0.341 bits per heavy atom. The van der Waals surface area contributed by atoms with Gasteiger partial charge >= 0.3 is 0 Å². The van der Waals surface area contributed by atoms with Crippen LogP contribution in [0.25, 0.3) is 21.5 Å². The van der Waals surface area contributed by atoms with E-state index in [9.17, 15) is 20.4 Å². The molecule has 6 aromatic rings. The van der Waals surface area contributed by atoms with E-state index in [0.717, 1.165) is 21.5 Å². The summed E-state index contributed by atoms with van der Waals surface area (Å²) in [4.78, 5) is 0. The minimum Gasteiger partial charge on any atom is -0.506 e. The molecule has 41 heavy (non-hydrogen) atoms. The second kappa shape index (κ2) is 13.2. The third-order valence-corrected chi connectivity index (χ3v) is 6.04. The van der Waals surface area contributed by atoms with Gasteiger partial charge < -0.3 is 20.4 Å². The van der Waals surface area contributed by atoms with Gasteiger partial charge in [0.2, 0.25) is 0 Å². The standard InChI is InChI=1S/2C16H12N2O2.Cr/c2*19-14-8-4-3-7-13(14)17-18-16-12-6-2-1-5-11(12)9-10-15(16)20;/h2*1-10,19-20H;. The number of azo groups is 2. The van der Waals surface area contributed by atoms with Crippen LogP contribution in [0, 0.1) is 0 Å². The van der Waals surface area contributed by atoms with Crippen LogP contribution in [0.4, 0.5) is 22.7 Å². The maximum Gasteiger partial charge on any atom is 0.143 e. The monoisotopic (exact) mass is 580 g/mol. The Morgan fingerprint density at radius 2 is 0.707 bits per heavy atom. The van der Waals surface area contributed by atoms with E-state index in [4.69, 9.17) is 0 Å². The molecule has 0 unspecified atom stereocenters. The van der Waals surface area contributed by atoms with Gasteiger partial charge in [0.25, 0.3) is 0 Å². The molecule has 0 aliphatic carbocycles. The van der Waals surface area contributed by atoms with E-state index in [1.165, 1.54) is 12.1 Å². The summed E-state index contributed by atoms with van der Waals surface area (Å²) in [5.74, 6) is 0.220. The number of rotatable bonds is 4. The summed E-state index contributed by atoms with van der Waals surface area (Å²) in [6, 6.07) is 35.4. The van der Waals surface area contributed by atoms with Crippen molar-refractivity contribution < 1.29 is 37.8 Å². The number of nitrogens with zero attached hydrogens (tertiary/aromatic N) is 4. The molecule has 9 heteroatoms. The van der Waals surface area contributed by atoms with Crippen molar-refractivity contribution >= 4 is 44.3 Å². The van der Waals surface area contributed by atoms with Gasteiger partial charge in [-0.3, -0.25) is 0 Å². The molecule has 0 heterocycles. The zero-order valence-electron chi connectivity index (χ0n) is 21.5. The second-order valence-corrected chi connectivity index (χ2v) is 8.69. The average Bonchev–Trinajstić information content (AvgIpc) is 2.98. The molecule has 0 aromatic heterocycles. The third kappa shape index (κ3) is 6.68. The summed E-state index contributed by atoms with van der Waals surface area (Å²) in [6.45, 7) is 0. The quantitative estimate of drug-likeness (QED) is 0.155. The Kier molecular flexibility index (Phi) is 9.28. The Labute approximate surface area is 246 Å². The zero-order chi connectivity index (χ0) is 27.9. The topological polar surface area (TPSA) is 130 Å². The van der Waals surface area contributed by atoms with Crippen molar-refractivity contribution in [3.8, 4) is 23.0 Å². The Morgan fingerprint density at radius 3 is 1.12 bits per heavy atom. The summed E-state index contributed by atoms with van der Waals surface area (Å²) in [5, 5.41) is 58.9. The number of aromatic hydroxyl groups is 4. The molecule has 0 radical (unpaired) electrons. The molecule has 0 fully saturated rings. The van der Waals surface area contributed by atoms with Crippen molar-refractivity contribution in [2.75, 3.05) is 0 Å². The molecule has 202 valence electrons. The molecule has 0 aliphatic rings. The smallest absolute Gasteiger partial charge is 0.143 e. The average molecular weight is 581 g/mol. The number of fused-ring (bicyclic) bond motifs is 2. The van der Waals surface area contributed by atoms with Gasteiger partial charge in [0.15, 0.2) is 0 Å². The molecule has 6 rings (SSSR count). The van der Waals surface area contributed by atoms with E-state index in [1.807, 2.05) is 60.7 Å². The van der Waals surface area contributed by atoms with Crippen LogP contribution in [-0.4, -0.2) is 20.4 Å². The molecule has 8 nitrogen and oxygen atoms in total. The fourth-order valence-electron chi connectivity index (χ4n) is 4.00. The fourth-order valence-corrected chi connectivity index (χ4v) is 4.00. The van der Waals surface area contributed by atoms with Crippen molar-refractivity contribution in [1.82, 2.24) is 0 Å². The number of hydrogen-bond acceptors (Lipinski definition) is 8. The van der Waals surface area contributed by atoms with Gasteiger partial charge in [0, 0.05) is 28.1 Å². The summed E-state index contributed by atoms with van der Waals surface area (Å²) in [7, 11) is 0. The Hall–Kier alpha value is -5.23. The number of benzene rings is 6. The first-order valence-electron chi connectivity index (χ1n) is 12.3. The molecule has 0 spiro atoms. The third-order valence-electron chi connectivity index (χ3n) is 6.04. The number of phenols is 4. The van der Waals surface area contributed by atoms with E-state index in [-0.39, 0.29) is 40.4 Å². The van der Waals surface area contributed by atoms with Gasteiger partial charge in [0.05, 0.1) is 0 Å². The van der Waals surface area contributed by atoms with Crippen molar-refractivity contribution in [2.45, 2.75) is 0 Å².